The van der Waals surface area contributed by atoms with Gasteiger partial charge in [-0.3, -0.25) is 4.79 Å². The molecule has 0 saturated carbocycles. The van der Waals surface area contributed by atoms with Gasteiger partial charge in [0, 0.05) is 16.5 Å². The van der Waals surface area contributed by atoms with Gasteiger partial charge < -0.3 is 14.8 Å². The third-order valence-corrected chi connectivity index (χ3v) is 4.59. The van der Waals surface area contributed by atoms with Gasteiger partial charge in [-0.05, 0) is 18.2 Å². The molecule has 0 bridgehead atoms. The minimum Gasteiger partial charge on any atom is -0.493 e. The predicted molar refractivity (Wildman–Crippen MR) is 98.3 cm³/mol. The minimum atomic E-state index is -0.185. The van der Waals surface area contributed by atoms with Crippen LogP contribution in [-0.2, 0) is 6.54 Å². The lowest BCUT2D eigenvalue weighted by molar-refractivity contribution is 0.0950. The number of hydrogen-bond acceptors (Lipinski definition) is 5. The summed E-state index contributed by atoms with van der Waals surface area (Å²) in [6.07, 6.45) is 0. The summed E-state index contributed by atoms with van der Waals surface area (Å²) in [6.45, 7) is 0.372. The molecule has 0 fully saturated rings. The quantitative estimate of drug-likeness (QED) is 0.732. The summed E-state index contributed by atoms with van der Waals surface area (Å²) < 4.78 is 10.4. The average molecular weight is 354 g/mol. The molecule has 1 heterocycles. The Morgan fingerprint density at radius 3 is 2.56 bits per heavy atom. The van der Waals surface area contributed by atoms with E-state index in [4.69, 9.17) is 9.47 Å². The molecule has 128 valence electrons. The Hall–Kier alpha value is -2.86. The number of aromatic nitrogens is 1. The lowest BCUT2D eigenvalue weighted by Gasteiger charge is -2.09. The normalized spacial score (nSPS) is 10.3. The molecular weight excluding hydrogens is 336 g/mol. The summed E-state index contributed by atoms with van der Waals surface area (Å²) >= 11 is 1.56. The number of ether oxygens (including phenoxy) is 2. The molecule has 0 unspecified atom stereocenters. The zero-order valence-electron chi connectivity index (χ0n) is 14.0. The number of rotatable bonds is 6. The van der Waals surface area contributed by atoms with Crippen LogP contribution < -0.4 is 14.8 Å². The molecule has 0 aliphatic rings. The number of carbonyl (C=O) groups is 1. The molecule has 5 nitrogen and oxygen atoms in total. The van der Waals surface area contributed by atoms with Gasteiger partial charge in [-0.2, -0.15) is 0 Å². The van der Waals surface area contributed by atoms with E-state index in [-0.39, 0.29) is 5.91 Å². The highest BCUT2D eigenvalue weighted by molar-refractivity contribution is 7.13. The molecule has 1 N–H and O–H groups in total. The number of hydrogen-bond donors (Lipinski definition) is 1. The maximum absolute atomic E-state index is 12.3. The fourth-order valence-corrected chi connectivity index (χ4v) is 3.18. The van der Waals surface area contributed by atoms with Gasteiger partial charge in [-0.1, -0.05) is 30.3 Å². The maximum Gasteiger partial charge on any atom is 0.251 e. The van der Waals surface area contributed by atoms with Crippen LogP contribution >= 0.6 is 11.3 Å². The highest BCUT2D eigenvalue weighted by Crippen LogP contribution is 2.27. The molecular formula is C19H18N2O3S. The van der Waals surface area contributed by atoms with E-state index in [1.54, 1.807) is 43.8 Å². The predicted octanol–water partition coefficient (Wildman–Crippen LogP) is 3.76. The van der Waals surface area contributed by atoms with Gasteiger partial charge in [0.25, 0.3) is 5.91 Å². The van der Waals surface area contributed by atoms with E-state index in [1.807, 2.05) is 35.7 Å². The summed E-state index contributed by atoms with van der Waals surface area (Å²) in [4.78, 5) is 16.9. The van der Waals surface area contributed by atoms with Crippen LogP contribution in [0.5, 0.6) is 11.5 Å². The van der Waals surface area contributed by atoms with Crippen molar-refractivity contribution in [1.29, 1.82) is 0 Å². The van der Waals surface area contributed by atoms with Crippen molar-refractivity contribution < 1.29 is 14.3 Å². The molecule has 6 heteroatoms. The molecule has 3 aromatic rings. The van der Waals surface area contributed by atoms with E-state index in [1.165, 1.54) is 0 Å². The molecule has 25 heavy (non-hydrogen) atoms. The van der Waals surface area contributed by atoms with Crippen LogP contribution in [0.15, 0.2) is 53.9 Å². The fourth-order valence-electron chi connectivity index (χ4n) is 2.35. The van der Waals surface area contributed by atoms with Crippen molar-refractivity contribution in [1.82, 2.24) is 10.3 Å². The number of thiazole rings is 1. The Kier molecular flexibility index (Phi) is 5.30. The monoisotopic (exact) mass is 354 g/mol. The highest BCUT2D eigenvalue weighted by atomic mass is 32.1. The van der Waals surface area contributed by atoms with Crippen LogP contribution in [0.1, 0.15) is 16.1 Å². The Morgan fingerprint density at radius 2 is 1.84 bits per heavy atom. The third-order valence-electron chi connectivity index (χ3n) is 3.65. The number of nitrogens with one attached hydrogen (secondary N) is 1. The van der Waals surface area contributed by atoms with Crippen LogP contribution in [0.4, 0.5) is 0 Å². The SMILES string of the molecule is COc1ccc(C(=O)NCc2csc(-c3ccccc3)n2)cc1OC. The zero-order valence-corrected chi connectivity index (χ0v) is 14.8. The van der Waals surface area contributed by atoms with Gasteiger partial charge in [-0.25, -0.2) is 4.98 Å². The summed E-state index contributed by atoms with van der Waals surface area (Å²) in [5, 5.41) is 5.77. The molecule has 0 spiro atoms. The molecule has 2 aromatic carbocycles. The minimum absolute atomic E-state index is 0.185. The molecule has 0 aliphatic carbocycles. The van der Waals surface area contributed by atoms with Gasteiger partial charge in [0.2, 0.25) is 0 Å². The summed E-state index contributed by atoms with van der Waals surface area (Å²) in [6, 6.07) is 15.0. The van der Waals surface area contributed by atoms with Gasteiger partial charge in [-0.15, -0.1) is 11.3 Å². The van der Waals surface area contributed by atoms with Crippen molar-refractivity contribution in [3.63, 3.8) is 0 Å². The zero-order chi connectivity index (χ0) is 17.6. The topological polar surface area (TPSA) is 60.5 Å². The van der Waals surface area contributed by atoms with Crippen molar-refractivity contribution >= 4 is 17.2 Å². The first kappa shape index (κ1) is 17.0. The Balaban J connectivity index is 1.66. The van der Waals surface area contributed by atoms with E-state index >= 15 is 0 Å². The molecule has 0 saturated heterocycles. The second kappa shape index (κ2) is 7.81. The lowest BCUT2D eigenvalue weighted by atomic mass is 10.2. The van der Waals surface area contributed by atoms with Crippen LogP contribution in [0.25, 0.3) is 10.6 Å². The van der Waals surface area contributed by atoms with Gasteiger partial charge >= 0.3 is 0 Å². The Bertz CT molecular complexity index is 862. The fraction of sp³-hybridized carbons (Fsp3) is 0.158. The summed E-state index contributed by atoms with van der Waals surface area (Å²) in [5.41, 5.74) is 2.42. The highest BCUT2D eigenvalue weighted by Gasteiger charge is 2.11. The van der Waals surface area contributed by atoms with Crippen molar-refractivity contribution in [2.75, 3.05) is 14.2 Å². The van der Waals surface area contributed by atoms with Gasteiger partial charge in [0.05, 0.1) is 26.5 Å². The number of carbonyl (C=O) groups excluding carboxylic acids is 1. The van der Waals surface area contributed by atoms with Gasteiger partial charge in [0.1, 0.15) is 5.01 Å². The van der Waals surface area contributed by atoms with E-state index < -0.39 is 0 Å². The van der Waals surface area contributed by atoms with Crippen molar-refractivity contribution in [2.24, 2.45) is 0 Å². The third kappa shape index (κ3) is 3.97. The summed E-state index contributed by atoms with van der Waals surface area (Å²) in [7, 11) is 3.10. The first-order valence-corrected chi connectivity index (χ1v) is 8.59. The first-order valence-electron chi connectivity index (χ1n) is 7.71. The number of nitrogens with zero attached hydrogens (tertiary/aromatic N) is 1. The molecule has 0 atom stereocenters. The van der Waals surface area contributed by atoms with E-state index in [2.05, 4.69) is 10.3 Å². The largest absolute Gasteiger partial charge is 0.493 e. The Labute approximate surface area is 150 Å². The summed E-state index contributed by atoms with van der Waals surface area (Å²) in [5.74, 6) is 0.927. The van der Waals surface area contributed by atoms with Crippen LogP contribution in [0, 0.1) is 0 Å². The number of amides is 1. The van der Waals surface area contributed by atoms with E-state index in [9.17, 15) is 4.79 Å². The second-order valence-electron chi connectivity index (χ2n) is 5.26. The second-order valence-corrected chi connectivity index (χ2v) is 6.12. The first-order chi connectivity index (χ1) is 12.2. The van der Waals surface area contributed by atoms with Crippen molar-refractivity contribution in [2.45, 2.75) is 6.54 Å². The van der Waals surface area contributed by atoms with Gasteiger partial charge in [0.15, 0.2) is 11.5 Å². The molecule has 1 amide bonds. The number of methoxy groups -OCH3 is 2. The van der Waals surface area contributed by atoms with E-state index in [0.717, 1.165) is 16.3 Å². The Morgan fingerprint density at radius 1 is 1.08 bits per heavy atom. The van der Waals surface area contributed by atoms with Crippen LogP contribution in [0.2, 0.25) is 0 Å². The van der Waals surface area contributed by atoms with Crippen molar-refractivity contribution in [3.8, 4) is 22.1 Å². The molecule has 0 radical (unpaired) electrons. The maximum atomic E-state index is 12.3. The molecule has 1 aromatic heterocycles. The van der Waals surface area contributed by atoms with Crippen LogP contribution in [0.3, 0.4) is 0 Å². The van der Waals surface area contributed by atoms with E-state index in [0.29, 0.717) is 23.6 Å². The van der Waals surface area contributed by atoms with Crippen molar-refractivity contribution in [3.05, 3.63) is 65.2 Å². The smallest absolute Gasteiger partial charge is 0.251 e. The molecule has 3 rings (SSSR count). The van der Waals surface area contributed by atoms with Crippen LogP contribution in [-0.4, -0.2) is 25.1 Å². The average Bonchev–Trinajstić information content (AvgIpc) is 3.15. The standard InChI is InChI=1S/C19H18N2O3S/c1-23-16-9-8-14(10-17(16)24-2)18(22)20-11-15-12-25-19(21-15)13-6-4-3-5-7-13/h3-10,12H,11H2,1-2H3,(H,20,22). The molecule has 0 aliphatic heterocycles. The number of benzene rings is 2. The lowest BCUT2D eigenvalue weighted by Crippen LogP contribution is -2.23.